The molecule has 0 aromatic rings. The molecule has 0 N–H and O–H groups in total. The lowest BCUT2D eigenvalue weighted by Gasteiger charge is -2.05. The summed E-state index contributed by atoms with van der Waals surface area (Å²) in [6.45, 7) is 3.19. The number of hydrogen-bond donors (Lipinski definition) is 0. The Morgan fingerprint density at radius 1 is 1.69 bits per heavy atom. The van der Waals surface area contributed by atoms with Crippen molar-refractivity contribution in [3.63, 3.8) is 0 Å². The number of nitrogens with zero attached hydrogens (tertiary/aromatic N) is 3. The fraction of sp³-hybridized carbons (Fsp3) is 0.111. The lowest BCUT2D eigenvalue weighted by molar-refractivity contribution is -0.493. The molecular weight excluding hydrogens is 214 g/mol. The van der Waals surface area contributed by atoms with Gasteiger partial charge in [-0.15, -0.1) is 0 Å². The quantitative estimate of drug-likeness (QED) is 0.172. The monoisotopic (exact) mass is 221 g/mol. The van der Waals surface area contributed by atoms with E-state index < -0.39 is 16.9 Å². The normalized spacial score (nSPS) is 18.4. The van der Waals surface area contributed by atoms with Gasteiger partial charge in [0, 0.05) is 17.1 Å². The van der Waals surface area contributed by atoms with E-state index in [1.54, 1.807) is 0 Å². The third-order valence-electron chi connectivity index (χ3n) is 1.84. The van der Waals surface area contributed by atoms with Crippen LogP contribution in [0, 0.1) is 10.1 Å². The second-order valence-corrected chi connectivity index (χ2v) is 2.78. The summed E-state index contributed by atoms with van der Waals surface area (Å²) in [5, 5.41) is 10.6. The van der Waals surface area contributed by atoms with Crippen LogP contribution in [-0.4, -0.2) is 27.4 Å². The molecule has 16 heavy (non-hydrogen) atoms. The molecule has 0 radical (unpaired) electrons. The van der Waals surface area contributed by atoms with Crippen LogP contribution in [0.2, 0.25) is 0 Å². The Bertz CT molecular complexity index is 457. The number of ether oxygens (including phenoxy) is 1. The molecule has 0 spiro atoms. The lowest BCUT2D eigenvalue weighted by atomic mass is 10.0. The highest BCUT2D eigenvalue weighted by atomic mass is 16.6. The number of carbonyl (C=O) groups is 1. The van der Waals surface area contributed by atoms with E-state index in [0.717, 1.165) is 12.3 Å². The van der Waals surface area contributed by atoms with Gasteiger partial charge in [-0.05, 0) is 6.08 Å². The van der Waals surface area contributed by atoms with Crippen molar-refractivity contribution in [2.45, 2.75) is 6.04 Å². The minimum atomic E-state index is -1.36. The maximum absolute atomic E-state index is 11.2. The van der Waals surface area contributed by atoms with Gasteiger partial charge < -0.3 is 10.3 Å². The molecule has 0 aliphatic heterocycles. The van der Waals surface area contributed by atoms with E-state index >= 15 is 0 Å². The van der Waals surface area contributed by atoms with Gasteiger partial charge in [0.05, 0.1) is 11.8 Å². The molecule has 1 rings (SSSR count). The summed E-state index contributed by atoms with van der Waals surface area (Å²) in [7, 11) is 0. The summed E-state index contributed by atoms with van der Waals surface area (Å²) in [5.74, 6) is -0.755. The van der Waals surface area contributed by atoms with Crippen molar-refractivity contribution in [1.29, 1.82) is 0 Å². The Kier molecular flexibility index (Phi) is 3.47. The summed E-state index contributed by atoms with van der Waals surface area (Å²) in [6.07, 6.45) is 4.41. The molecule has 1 aliphatic rings. The van der Waals surface area contributed by atoms with E-state index in [1.165, 1.54) is 12.2 Å². The third kappa shape index (κ3) is 2.28. The van der Waals surface area contributed by atoms with E-state index in [2.05, 4.69) is 16.1 Å². The molecular formula is C9H7N3O4. The third-order valence-corrected chi connectivity index (χ3v) is 1.84. The highest BCUT2D eigenvalue weighted by molar-refractivity contribution is 6.03. The molecule has 0 heterocycles. The molecule has 0 amide bonds. The van der Waals surface area contributed by atoms with E-state index in [0.29, 0.717) is 0 Å². The van der Waals surface area contributed by atoms with Crippen molar-refractivity contribution in [1.82, 2.24) is 0 Å². The van der Waals surface area contributed by atoms with Crippen molar-refractivity contribution in [2.75, 3.05) is 0 Å². The number of hydrogen-bond acceptors (Lipinski definition) is 4. The van der Waals surface area contributed by atoms with Gasteiger partial charge in [0.25, 0.3) is 0 Å². The minimum Gasteiger partial charge on any atom is -0.432 e. The number of rotatable bonds is 3. The van der Waals surface area contributed by atoms with Crippen LogP contribution in [0.5, 0.6) is 0 Å². The van der Waals surface area contributed by atoms with Crippen molar-refractivity contribution in [3.05, 3.63) is 52.3 Å². The van der Waals surface area contributed by atoms with Gasteiger partial charge in [0.1, 0.15) is 0 Å². The Morgan fingerprint density at radius 2 is 2.38 bits per heavy atom. The summed E-state index contributed by atoms with van der Waals surface area (Å²) in [4.78, 5) is 23.9. The lowest BCUT2D eigenvalue weighted by Crippen LogP contribution is -2.30. The maximum Gasteiger partial charge on any atom is 0.369 e. The predicted octanol–water partition coefficient (Wildman–Crippen LogP) is 0.485. The zero-order chi connectivity index (χ0) is 12.1. The molecule has 7 nitrogen and oxygen atoms in total. The molecule has 0 bridgehead atoms. The summed E-state index contributed by atoms with van der Waals surface area (Å²) in [5.41, 5.74) is 8.36. The smallest absolute Gasteiger partial charge is 0.369 e. The van der Waals surface area contributed by atoms with Gasteiger partial charge in [-0.1, -0.05) is 6.58 Å². The SMILES string of the molecule is C=COC(=O)C1=CC([N+](=O)[O-])C(=[N+]=[N-])C=C1. The first-order valence-corrected chi connectivity index (χ1v) is 4.17. The molecule has 7 heteroatoms. The average molecular weight is 221 g/mol. The van der Waals surface area contributed by atoms with Crippen LogP contribution in [0.1, 0.15) is 0 Å². The predicted molar refractivity (Wildman–Crippen MR) is 52.9 cm³/mol. The molecule has 0 saturated heterocycles. The van der Waals surface area contributed by atoms with Gasteiger partial charge in [-0.3, -0.25) is 10.1 Å². The highest BCUT2D eigenvalue weighted by Crippen LogP contribution is 2.12. The maximum atomic E-state index is 11.2. The Hall–Kier alpha value is -2.53. The fourth-order valence-electron chi connectivity index (χ4n) is 1.13. The highest BCUT2D eigenvalue weighted by Gasteiger charge is 2.34. The molecule has 0 aromatic heterocycles. The average Bonchev–Trinajstić information content (AvgIpc) is 2.28. The van der Waals surface area contributed by atoms with Gasteiger partial charge >= 0.3 is 17.7 Å². The van der Waals surface area contributed by atoms with Crippen LogP contribution in [-0.2, 0) is 9.53 Å². The molecule has 1 atom stereocenters. The molecule has 0 aromatic carbocycles. The van der Waals surface area contributed by atoms with E-state index in [1.807, 2.05) is 0 Å². The largest absolute Gasteiger partial charge is 0.432 e. The zero-order valence-electron chi connectivity index (χ0n) is 8.07. The summed E-state index contributed by atoms with van der Waals surface area (Å²) >= 11 is 0. The first-order chi connectivity index (χ1) is 7.60. The topological polar surface area (TPSA) is 106 Å². The number of esters is 1. The van der Waals surface area contributed by atoms with Gasteiger partial charge in [-0.25, -0.2) is 4.79 Å². The number of nitro groups is 1. The standard InChI is InChI=1S/C9H7N3O4/c1-2-16-9(13)6-3-4-7(11-10)8(5-6)12(14)15/h2-5,8H,1H2. The van der Waals surface area contributed by atoms with Crippen LogP contribution in [0.15, 0.2) is 36.6 Å². The van der Waals surface area contributed by atoms with Crippen LogP contribution in [0.3, 0.4) is 0 Å². The van der Waals surface area contributed by atoms with Gasteiger partial charge in [0.15, 0.2) is 0 Å². The van der Waals surface area contributed by atoms with E-state index in [4.69, 9.17) is 5.53 Å². The summed E-state index contributed by atoms with van der Waals surface area (Å²) in [6, 6.07) is -1.36. The zero-order valence-corrected chi connectivity index (χ0v) is 8.07. The van der Waals surface area contributed by atoms with Gasteiger partial charge in [0.2, 0.25) is 0 Å². The number of carbonyl (C=O) groups excluding carboxylic acids is 1. The van der Waals surface area contributed by atoms with Crippen LogP contribution >= 0.6 is 0 Å². The second kappa shape index (κ2) is 4.81. The van der Waals surface area contributed by atoms with Crippen LogP contribution in [0.4, 0.5) is 0 Å². The van der Waals surface area contributed by atoms with Gasteiger partial charge in [-0.2, -0.15) is 4.79 Å². The van der Waals surface area contributed by atoms with Crippen molar-refractivity contribution >= 4 is 11.7 Å². The molecule has 82 valence electrons. The Morgan fingerprint density at radius 3 is 2.88 bits per heavy atom. The molecule has 1 aliphatic carbocycles. The van der Waals surface area contributed by atoms with Crippen molar-refractivity contribution < 1.29 is 19.2 Å². The first kappa shape index (κ1) is 11.5. The molecule has 1 unspecified atom stereocenters. The molecule has 0 fully saturated rings. The van der Waals surface area contributed by atoms with Crippen LogP contribution < -0.4 is 0 Å². The van der Waals surface area contributed by atoms with Crippen molar-refractivity contribution in [2.24, 2.45) is 0 Å². The second-order valence-electron chi connectivity index (χ2n) is 2.78. The van der Waals surface area contributed by atoms with Crippen LogP contribution in [0.25, 0.3) is 5.53 Å². The van der Waals surface area contributed by atoms with E-state index in [-0.39, 0.29) is 11.3 Å². The Labute approximate surface area is 90.1 Å². The molecule has 0 saturated carbocycles. The Balaban J connectivity index is 3.04. The minimum absolute atomic E-state index is 0.00833. The summed E-state index contributed by atoms with van der Waals surface area (Å²) < 4.78 is 4.46. The first-order valence-electron chi connectivity index (χ1n) is 4.17. The fourth-order valence-corrected chi connectivity index (χ4v) is 1.13. The van der Waals surface area contributed by atoms with Crippen molar-refractivity contribution in [3.8, 4) is 0 Å². The van der Waals surface area contributed by atoms with E-state index in [9.17, 15) is 14.9 Å².